The van der Waals surface area contributed by atoms with E-state index in [2.05, 4.69) is 10.6 Å². The number of nitrogens with zero attached hydrogens (tertiary/aromatic N) is 2. The highest BCUT2D eigenvalue weighted by Gasteiger charge is 2.52. The smallest absolute Gasteiger partial charge is 0.250 e. The van der Waals surface area contributed by atoms with Crippen molar-refractivity contribution < 1.29 is 14.4 Å². The van der Waals surface area contributed by atoms with Gasteiger partial charge in [-0.15, -0.1) is 0 Å². The van der Waals surface area contributed by atoms with Crippen LogP contribution in [0, 0.1) is 13.8 Å². The molecule has 1 aliphatic carbocycles. The van der Waals surface area contributed by atoms with Gasteiger partial charge < -0.3 is 10.6 Å². The van der Waals surface area contributed by atoms with Crippen molar-refractivity contribution in [1.82, 2.24) is 4.90 Å². The lowest BCUT2D eigenvalue weighted by molar-refractivity contribution is -0.128. The summed E-state index contributed by atoms with van der Waals surface area (Å²) in [5, 5.41) is 5.95. The normalized spacial score (nSPS) is 16.8. The third kappa shape index (κ3) is 4.00. The van der Waals surface area contributed by atoms with Crippen molar-refractivity contribution in [3.05, 3.63) is 53.6 Å². The first-order valence-corrected chi connectivity index (χ1v) is 11.1. The molecule has 168 valence electrons. The molecule has 1 heterocycles. The molecule has 2 aliphatic rings. The molecule has 0 aromatic heterocycles. The second-order valence-corrected chi connectivity index (χ2v) is 8.93. The van der Waals surface area contributed by atoms with Gasteiger partial charge in [0, 0.05) is 5.69 Å². The molecular formula is C25H30N4O3. The second kappa shape index (κ2) is 8.74. The van der Waals surface area contributed by atoms with E-state index in [1.54, 1.807) is 16.8 Å². The highest BCUT2D eigenvalue weighted by atomic mass is 16.2. The Kier molecular flexibility index (Phi) is 6.02. The fourth-order valence-corrected chi connectivity index (χ4v) is 4.92. The number of likely N-dealkylation sites (N-methyl/N-ethyl adjacent to an activating group) is 1. The van der Waals surface area contributed by atoms with Gasteiger partial charge in [-0.05, 0) is 57.0 Å². The molecule has 1 fully saturated rings. The zero-order valence-electron chi connectivity index (χ0n) is 18.9. The van der Waals surface area contributed by atoms with Crippen molar-refractivity contribution in [2.24, 2.45) is 0 Å². The molecule has 0 radical (unpaired) electrons. The molecule has 3 amide bonds. The van der Waals surface area contributed by atoms with Crippen molar-refractivity contribution in [3.63, 3.8) is 0 Å². The summed E-state index contributed by atoms with van der Waals surface area (Å²) >= 11 is 0. The molecule has 1 aliphatic heterocycles. The lowest BCUT2D eigenvalue weighted by Crippen LogP contribution is -2.62. The van der Waals surface area contributed by atoms with Gasteiger partial charge in [0.1, 0.15) is 5.54 Å². The van der Waals surface area contributed by atoms with Crippen molar-refractivity contribution in [2.45, 2.75) is 45.1 Å². The van der Waals surface area contributed by atoms with Gasteiger partial charge in [-0.3, -0.25) is 24.2 Å². The van der Waals surface area contributed by atoms with E-state index in [1.165, 1.54) is 0 Å². The molecule has 0 atom stereocenters. The number of benzene rings is 2. The van der Waals surface area contributed by atoms with Gasteiger partial charge >= 0.3 is 0 Å². The lowest BCUT2D eigenvalue weighted by Gasteiger charge is -2.44. The number of nitrogens with one attached hydrogen (secondary N) is 2. The van der Waals surface area contributed by atoms with Gasteiger partial charge in [-0.2, -0.15) is 0 Å². The number of carbonyl (C=O) groups excluding carboxylic acids is 3. The topological polar surface area (TPSA) is 81.8 Å². The van der Waals surface area contributed by atoms with Crippen molar-refractivity contribution in [1.29, 1.82) is 0 Å². The van der Waals surface area contributed by atoms with E-state index in [4.69, 9.17) is 0 Å². The molecule has 1 spiro atoms. The first-order chi connectivity index (χ1) is 15.3. The van der Waals surface area contributed by atoms with Crippen molar-refractivity contribution in [3.8, 4) is 0 Å². The van der Waals surface area contributed by atoms with Crippen LogP contribution >= 0.6 is 0 Å². The van der Waals surface area contributed by atoms with Gasteiger partial charge in [-0.25, -0.2) is 0 Å². The molecule has 4 rings (SSSR count). The van der Waals surface area contributed by atoms with Crippen molar-refractivity contribution in [2.75, 3.05) is 35.7 Å². The third-order valence-electron chi connectivity index (χ3n) is 6.49. The SMILES string of the molecule is Cc1cccc(C)c1NC(=O)CN(C)CC(=O)N1c2ccccc2NC(=O)C12CCCC2. The number of hydrogen-bond donors (Lipinski definition) is 2. The van der Waals surface area contributed by atoms with E-state index in [0.717, 1.165) is 35.3 Å². The maximum atomic E-state index is 13.5. The number of rotatable bonds is 5. The molecule has 7 heteroatoms. The average Bonchev–Trinajstić information content (AvgIpc) is 3.22. The Labute approximate surface area is 188 Å². The fourth-order valence-electron chi connectivity index (χ4n) is 4.92. The van der Waals surface area contributed by atoms with Crippen LogP contribution in [0.4, 0.5) is 17.1 Å². The van der Waals surface area contributed by atoms with E-state index >= 15 is 0 Å². The van der Waals surface area contributed by atoms with E-state index < -0.39 is 5.54 Å². The van der Waals surface area contributed by atoms with Crippen LogP contribution in [0.25, 0.3) is 0 Å². The zero-order valence-corrected chi connectivity index (χ0v) is 18.9. The molecule has 0 saturated heterocycles. The van der Waals surface area contributed by atoms with E-state index in [1.807, 2.05) is 56.3 Å². The van der Waals surface area contributed by atoms with Crippen LogP contribution in [0.5, 0.6) is 0 Å². The van der Waals surface area contributed by atoms with Crippen LogP contribution in [0.3, 0.4) is 0 Å². The second-order valence-electron chi connectivity index (χ2n) is 8.93. The Morgan fingerprint density at radius 1 is 1.03 bits per heavy atom. The first kappa shape index (κ1) is 22.0. The Morgan fingerprint density at radius 2 is 1.69 bits per heavy atom. The predicted octanol–water partition coefficient (Wildman–Crippen LogP) is 3.47. The van der Waals surface area contributed by atoms with Gasteiger partial charge in [0.25, 0.3) is 5.91 Å². The number of para-hydroxylation sites is 3. The largest absolute Gasteiger partial charge is 0.324 e. The lowest BCUT2D eigenvalue weighted by atomic mass is 9.89. The summed E-state index contributed by atoms with van der Waals surface area (Å²) in [6.07, 6.45) is 3.12. The molecule has 2 N–H and O–H groups in total. The molecular weight excluding hydrogens is 404 g/mol. The molecule has 32 heavy (non-hydrogen) atoms. The van der Waals surface area contributed by atoms with E-state index in [0.29, 0.717) is 18.5 Å². The molecule has 0 unspecified atom stereocenters. The summed E-state index contributed by atoms with van der Waals surface area (Å²) in [5.41, 5.74) is 3.34. The minimum absolute atomic E-state index is 0.0452. The summed E-state index contributed by atoms with van der Waals surface area (Å²) < 4.78 is 0. The monoisotopic (exact) mass is 434 g/mol. The number of hydrogen-bond acceptors (Lipinski definition) is 4. The van der Waals surface area contributed by atoms with Crippen LogP contribution in [-0.2, 0) is 14.4 Å². The minimum atomic E-state index is -0.840. The minimum Gasteiger partial charge on any atom is -0.324 e. The van der Waals surface area contributed by atoms with Crippen LogP contribution in [-0.4, -0.2) is 48.3 Å². The maximum Gasteiger partial charge on any atom is 0.250 e. The van der Waals surface area contributed by atoms with E-state index in [-0.39, 0.29) is 30.8 Å². The summed E-state index contributed by atoms with van der Waals surface area (Å²) in [6.45, 7) is 4.03. The highest BCUT2D eigenvalue weighted by Crippen LogP contribution is 2.45. The maximum absolute atomic E-state index is 13.5. The highest BCUT2D eigenvalue weighted by molar-refractivity contribution is 6.15. The summed E-state index contributed by atoms with van der Waals surface area (Å²) in [7, 11) is 1.75. The fraction of sp³-hybridized carbons (Fsp3) is 0.400. The quantitative estimate of drug-likeness (QED) is 0.755. The number of carbonyl (C=O) groups is 3. The van der Waals surface area contributed by atoms with Gasteiger partial charge in [0.15, 0.2) is 0 Å². The van der Waals surface area contributed by atoms with Crippen LogP contribution in [0.15, 0.2) is 42.5 Å². The standard InChI is InChI=1S/C25H30N4O3/c1-17-9-8-10-18(2)23(17)27-21(30)15-28(3)16-22(31)29-20-12-5-4-11-19(20)26-24(32)25(29)13-6-7-14-25/h4-5,8-12H,6-7,13-16H2,1-3H3,(H,26,32)(H,27,30). The zero-order chi connectivity index (χ0) is 22.9. The first-order valence-electron chi connectivity index (χ1n) is 11.1. The summed E-state index contributed by atoms with van der Waals surface area (Å²) in [6, 6.07) is 13.3. The third-order valence-corrected chi connectivity index (χ3v) is 6.49. The van der Waals surface area contributed by atoms with Crippen molar-refractivity contribution >= 4 is 34.8 Å². The molecule has 7 nitrogen and oxygen atoms in total. The number of aryl methyl sites for hydroxylation is 2. The molecule has 2 aromatic carbocycles. The number of amides is 3. The predicted molar refractivity (Wildman–Crippen MR) is 126 cm³/mol. The van der Waals surface area contributed by atoms with Gasteiger partial charge in [-0.1, -0.05) is 43.2 Å². The summed E-state index contributed by atoms with van der Waals surface area (Å²) in [4.78, 5) is 42.6. The van der Waals surface area contributed by atoms with Gasteiger partial charge in [0.2, 0.25) is 11.8 Å². The number of anilines is 3. The van der Waals surface area contributed by atoms with Crippen LogP contribution in [0.2, 0.25) is 0 Å². The average molecular weight is 435 g/mol. The Hall–Kier alpha value is -3.19. The molecule has 2 aromatic rings. The van der Waals surface area contributed by atoms with Crippen LogP contribution < -0.4 is 15.5 Å². The Balaban J connectivity index is 1.49. The van der Waals surface area contributed by atoms with E-state index in [9.17, 15) is 14.4 Å². The Morgan fingerprint density at radius 3 is 2.38 bits per heavy atom. The van der Waals surface area contributed by atoms with Gasteiger partial charge in [0.05, 0.1) is 24.5 Å². The number of fused-ring (bicyclic) bond motifs is 1. The Bertz CT molecular complexity index is 1040. The molecule has 1 saturated carbocycles. The summed E-state index contributed by atoms with van der Waals surface area (Å²) in [5.74, 6) is -0.459. The van der Waals surface area contributed by atoms with Crippen LogP contribution in [0.1, 0.15) is 36.8 Å². The molecule has 0 bridgehead atoms.